The second kappa shape index (κ2) is 3.77. The van der Waals surface area contributed by atoms with Gasteiger partial charge >= 0.3 is 6.01 Å². The molecule has 2 rings (SSSR count). The molecular weight excluding hydrogens is 180 g/mol. The molecular formula is C9H14N4O. The molecule has 1 N–H and O–H groups in total. The monoisotopic (exact) mass is 194 g/mol. The summed E-state index contributed by atoms with van der Waals surface area (Å²) in [7, 11) is 1.79. The highest BCUT2D eigenvalue weighted by atomic mass is 16.5. The predicted molar refractivity (Wildman–Crippen MR) is 52.5 cm³/mol. The highest BCUT2D eigenvalue weighted by Gasteiger charge is 2.27. The molecule has 1 fully saturated rings. The Labute approximate surface area is 82.9 Å². The summed E-state index contributed by atoms with van der Waals surface area (Å²) >= 11 is 0. The zero-order valence-corrected chi connectivity index (χ0v) is 8.45. The van der Waals surface area contributed by atoms with E-state index in [0.717, 1.165) is 5.82 Å². The van der Waals surface area contributed by atoms with Crippen molar-refractivity contribution in [1.29, 1.82) is 0 Å². The average Bonchev–Trinajstić information content (AvgIpc) is 3.01. The van der Waals surface area contributed by atoms with Gasteiger partial charge in [-0.1, -0.05) is 0 Å². The molecule has 0 unspecified atom stereocenters. The Morgan fingerprint density at radius 1 is 1.36 bits per heavy atom. The first-order valence-electron chi connectivity index (χ1n) is 4.90. The van der Waals surface area contributed by atoms with Gasteiger partial charge in [-0.3, -0.25) is 0 Å². The lowest BCUT2D eigenvalue weighted by molar-refractivity contribution is 0.310. The third-order valence-corrected chi connectivity index (χ3v) is 2.07. The van der Waals surface area contributed by atoms with Gasteiger partial charge in [0.15, 0.2) is 0 Å². The molecule has 5 heteroatoms. The van der Waals surface area contributed by atoms with E-state index in [1.54, 1.807) is 7.05 Å². The standard InChI is InChI=1S/C9H14N4O/c1-3-14-9-12-7(6-4-5-6)11-8(10-2)13-9/h6H,3-5H2,1-2H3,(H,10,11,12,13). The molecule has 1 saturated carbocycles. The molecule has 1 aromatic rings. The van der Waals surface area contributed by atoms with Crippen LogP contribution in [0.1, 0.15) is 31.5 Å². The molecule has 0 spiro atoms. The lowest BCUT2D eigenvalue weighted by atomic mass is 10.4. The first-order valence-corrected chi connectivity index (χ1v) is 4.90. The second-order valence-electron chi connectivity index (χ2n) is 3.26. The topological polar surface area (TPSA) is 59.9 Å². The van der Waals surface area contributed by atoms with Crippen molar-refractivity contribution in [3.8, 4) is 6.01 Å². The van der Waals surface area contributed by atoms with Crippen molar-refractivity contribution >= 4 is 5.95 Å². The molecule has 14 heavy (non-hydrogen) atoms. The predicted octanol–water partition coefficient (Wildman–Crippen LogP) is 1.19. The van der Waals surface area contributed by atoms with Crippen molar-refractivity contribution < 1.29 is 4.74 Å². The Hall–Kier alpha value is -1.39. The van der Waals surface area contributed by atoms with Gasteiger partial charge in [-0.25, -0.2) is 0 Å². The summed E-state index contributed by atoms with van der Waals surface area (Å²) < 4.78 is 5.26. The van der Waals surface area contributed by atoms with Crippen LogP contribution in [0.2, 0.25) is 0 Å². The number of anilines is 1. The van der Waals surface area contributed by atoms with E-state index < -0.39 is 0 Å². The van der Waals surface area contributed by atoms with E-state index in [0.29, 0.717) is 24.5 Å². The number of aromatic nitrogens is 3. The number of hydrogen-bond acceptors (Lipinski definition) is 5. The third-order valence-electron chi connectivity index (χ3n) is 2.07. The molecule has 1 aromatic heterocycles. The molecule has 76 valence electrons. The van der Waals surface area contributed by atoms with E-state index in [2.05, 4.69) is 20.3 Å². The van der Waals surface area contributed by atoms with Crippen LogP contribution in [0.5, 0.6) is 6.01 Å². The van der Waals surface area contributed by atoms with Crippen molar-refractivity contribution in [2.45, 2.75) is 25.7 Å². The summed E-state index contributed by atoms with van der Waals surface area (Å²) in [6, 6.07) is 0.425. The number of rotatable bonds is 4. The quantitative estimate of drug-likeness (QED) is 0.780. The molecule has 0 saturated heterocycles. The van der Waals surface area contributed by atoms with E-state index in [4.69, 9.17) is 4.74 Å². The molecule has 1 aliphatic carbocycles. The van der Waals surface area contributed by atoms with Gasteiger partial charge in [0.05, 0.1) is 6.61 Å². The van der Waals surface area contributed by atoms with Gasteiger partial charge in [0.2, 0.25) is 5.95 Å². The molecule has 0 aliphatic heterocycles. The van der Waals surface area contributed by atoms with Crippen LogP contribution in [0, 0.1) is 0 Å². The highest BCUT2D eigenvalue weighted by Crippen LogP contribution is 2.38. The van der Waals surface area contributed by atoms with E-state index >= 15 is 0 Å². The number of nitrogens with one attached hydrogen (secondary N) is 1. The van der Waals surface area contributed by atoms with Crippen LogP contribution in [0.15, 0.2) is 0 Å². The van der Waals surface area contributed by atoms with Crippen LogP contribution >= 0.6 is 0 Å². The molecule has 1 heterocycles. The molecule has 0 radical (unpaired) electrons. The number of ether oxygens (including phenoxy) is 1. The summed E-state index contributed by atoms with van der Waals surface area (Å²) in [4.78, 5) is 12.6. The van der Waals surface area contributed by atoms with Crippen molar-refractivity contribution in [2.24, 2.45) is 0 Å². The normalized spacial score (nSPS) is 15.3. The van der Waals surface area contributed by atoms with E-state index in [1.165, 1.54) is 12.8 Å². The Kier molecular flexibility index (Phi) is 2.47. The van der Waals surface area contributed by atoms with Gasteiger partial charge in [0.1, 0.15) is 5.82 Å². The van der Waals surface area contributed by atoms with Gasteiger partial charge in [0.25, 0.3) is 0 Å². The van der Waals surface area contributed by atoms with Crippen LogP contribution in [-0.4, -0.2) is 28.6 Å². The first kappa shape index (κ1) is 9.18. The van der Waals surface area contributed by atoms with Crippen molar-refractivity contribution in [1.82, 2.24) is 15.0 Å². The van der Waals surface area contributed by atoms with Crippen LogP contribution in [0.25, 0.3) is 0 Å². The summed E-state index contributed by atoms with van der Waals surface area (Å²) in [5, 5.41) is 2.91. The SMILES string of the molecule is CCOc1nc(NC)nc(C2CC2)n1. The third kappa shape index (κ3) is 1.92. The number of hydrogen-bond donors (Lipinski definition) is 1. The van der Waals surface area contributed by atoms with Crippen LogP contribution in [0.4, 0.5) is 5.95 Å². The lowest BCUT2D eigenvalue weighted by Gasteiger charge is -2.05. The minimum Gasteiger partial charge on any atom is -0.464 e. The Balaban J connectivity index is 2.26. The minimum absolute atomic E-state index is 0.425. The van der Waals surface area contributed by atoms with E-state index in [1.807, 2.05) is 6.92 Å². The van der Waals surface area contributed by atoms with Gasteiger partial charge in [-0.15, -0.1) is 0 Å². The van der Waals surface area contributed by atoms with Crippen molar-refractivity contribution in [2.75, 3.05) is 19.0 Å². The van der Waals surface area contributed by atoms with Gasteiger partial charge < -0.3 is 10.1 Å². The van der Waals surface area contributed by atoms with Crippen molar-refractivity contribution in [3.63, 3.8) is 0 Å². The van der Waals surface area contributed by atoms with Gasteiger partial charge in [0, 0.05) is 13.0 Å². The van der Waals surface area contributed by atoms with E-state index in [-0.39, 0.29) is 0 Å². The molecule has 0 bridgehead atoms. The molecule has 0 aromatic carbocycles. The maximum absolute atomic E-state index is 5.26. The first-order chi connectivity index (χ1) is 6.83. The van der Waals surface area contributed by atoms with Crippen LogP contribution in [0.3, 0.4) is 0 Å². The number of nitrogens with zero attached hydrogens (tertiary/aromatic N) is 3. The van der Waals surface area contributed by atoms with Crippen LogP contribution in [-0.2, 0) is 0 Å². The average molecular weight is 194 g/mol. The second-order valence-corrected chi connectivity index (χ2v) is 3.26. The lowest BCUT2D eigenvalue weighted by Crippen LogP contribution is -2.06. The molecule has 0 atom stereocenters. The largest absolute Gasteiger partial charge is 0.464 e. The summed E-state index contributed by atoms with van der Waals surface area (Å²) in [5.74, 6) is 1.96. The molecule has 0 amide bonds. The fourth-order valence-corrected chi connectivity index (χ4v) is 1.20. The van der Waals surface area contributed by atoms with Crippen molar-refractivity contribution in [3.05, 3.63) is 5.82 Å². The van der Waals surface area contributed by atoms with Crippen LogP contribution < -0.4 is 10.1 Å². The fraction of sp³-hybridized carbons (Fsp3) is 0.667. The smallest absolute Gasteiger partial charge is 0.321 e. The Morgan fingerprint density at radius 2 is 2.14 bits per heavy atom. The van der Waals surface area contributed by atoms with E-state index in [9.17, 15) is 0 Å². The zero-order chi connectivity index (χ0) is 9.97. The van der Waals surface area contributed by atoms with Gasteiger partial charge in [-0.05, 0) is 19.8 Å². The Morgan fingerprint density at radius 3 is 2.71 bits per heavy atom. The van der Waals surface area contributed by atoms with Gasteiger partial charge in [-0.2, -0.15) is 15.0 Å². The molecule has 5 nitrogen and oxygen atoms in total. The maximum Gasteiger partial charge on any atom is 0.321 e. The summed E-state index contributed by atoms with van der Waals surface area (Å²) in [6.45, 7) is 2.50. The highest BCUT2D eigenvalue weighted by molar-refractivity contribution is 5.26. The maximum atomic E-state index is 5.26. The summed E-state index contributed by atoms with van der Waals surface area (Å²) in [5.41, 5.74) is 0. The minimum atomic E-state index is 0.425. The summed E-state index contributed by atoms with van der Waals surface area (Å²) in [6.07, 6.45) is 2.36. The molecule has 1 aliphatic rings. The Bertz CT molecular complexity index is 325. The zero-order valence-electron chi connectivity index (χ0n) is 8.45. The fourth-order valence-electron chi connectivity index (χ4n) is 1.20.